The number of aromatic nitrogens is 3. The smallest absolute Gasteiger partial charge is 0.257 e. The molecule has 1 amide bonds. The van der Waals surface area contributed by atoms with Crippen LogP contribution in [0.25, 0.3) is 5.65 Å². The minimum Gasteiger partial charge on any atom is -0.355 e. The third-order valence-corrected chi connectivity index (χ3v) is 6.61. The lowest BCUT2D eigenvalue weighted by Crippen LogP contribution is -2.39. The fourth-order valence-electron chi connectivity index (χ4n) is 4.91. The van der Waals surface area contributed by atoms with Gasteiger partial charge in [0.25, 0.3) is 5.91 Å². The lowest BCUT2D eigenvalue weighted by atomic mass is 9.98. The van der Waals surface area contributed by atoms with Crippen LogP contribution in [0, 0.1) is 19.7 Å². The van der Waals surface area contributed by atoms with Crippen molar-refractivity contribution in [3.63, 3.8) is 0 Å². The van der Waals surface area contributed by atoms with Gasteiger partial charge in [0.15, 0.2) is 5.65 Å². The zero-order valence-electron chi connectivity index (χ0n) is 18.6. The molecule has 0 unspecified atom stereocenters. The van der Waals surface area contributed by atoms with E-state index in [4.69, 9.17) is 15.8 Å². The summed E-state index contributed by atoms with van der Waals surface area (Å²) < 4.78 is 16.3. The van der Waals surface area contributed by atoms with Crippen LogP contribution >= 0.6 is 0 Å². The summed E-state index contributed by atoms with van der Waals surface area (Å²) in [5.74, 6) is 0.190. The van der Waals surface area contributed by atoms with E-state index in [9.17, 15) is 9.18 Å². The number of piperidine rings is 1. The van der Waals surface area contributed by atoms with Gasteiger partial charge in [0.05, 0.1) is 17.3 Å². The summed E-state index contributed by atoms with van der Waals surface area (Å²) in [5, 5.41) is 4.77. The first-order chi connectivity index (χ1) is 15.4. The van der Waals surface area contributed by atoms with Crippen molar-refractivity contribution in [3.8, 4) is 0 Å². The molecular formula is C24H29FN6O. The molecule has 0 saturated carbocycles. The molecule has 0 bridgehead atoms. The van der Waals surface area contributed by atoms with E-state index in [1.54, 1.807) is 21.5 Å². The number of benzene rings is 1. The number of amides is 1. The van der Waals surface area contributed by atoms with Crippen LogP contribution in [0.2, 0.25) is 0 Å². The summed E-state index contributed by atoms with van der Waals surface area (Å²) in [7, 11) is 0. The number of carbonyl (C=O) groups excluding carboxylic acids is 1. The van der Waals surface area contributed by atoms with Crippen molar-refractivity contribution >= 4 is 17.4 Å². The number of hydrogen-bond acceptors (Lipinski definition) is 5. The third kappa shape index (κ3) is 3.72. The van der Waals surface area contributed by atoms with Crippen LogP contribution in [0.15, 0.2) is 30.5 Å². The topological polar surface area (TPSA) is 79.8 Å². The standard InChI is InChI=1S/C24H29FN6O/c1-15-6-7-18(19(25)11-15)24(32)30-9-4-3-5-21(30)20-12-22-27-23(16(2)13-31(22)28-20)29-10-8-17(26)14-29/h6-7,11-13,17,21H,3-5,8-10,14,26H2,1-2H3/t17-,21-/m0/s1. The maximum atomic E-state index is 14.5. The van der Waals surface area contributed by atoms with Crippen LogP contribution < -0.4 is 10.6 Å². The fourth-order valence-corrected chi connectivity index (χ4v) is 4.91. The van der Waals surface area contributed by atoms with Crippen LogP contribution in [-0.4, -0.2) is 51.1 Å². The molecule has 4 heterocycles. The number of likely N-dealkylation sites (tertiary alicyclic amines) is 1. The predicted octanol–water partition coefficient (Wildman–Crippen LogP) is 3.39. The third-order valence-electron chi connectivity index (χ3n) is 6.61. The number of fused-ring (bicyclic) bond motifs is 1. The number of hydrogen-bond donors (Lipinski definition) is 1. The van der Waals surface area contributed by atoms with Gasteiger partial charge in [0, 0.05) is 43.5 Å². The number of anilines is 1. The molecule has 1 aromatic carbocycles. The largest absolute Gasteiger partial charge is 0.355 e. The lowest BCUT2D eigenvalue weighted by molar-refractivity contribution is 0.0601. The minimum atomic E-state index is -0.472. The van der Waals surface area contributed by atoms with Crippen molar-refractivity contribution in [2.45, 2.75) is 51.6 Å². The molecule has 2 saturated heterocycles. The molecule has 0 radical (unpaired) electrons. The molecule has 2 aliphatic heterocycles. The Labute approximate surface area is 187 Å². The molecule has 5 rings (SSSR count). The number of carbonyl (C=O) groups is 1. The van der Waals surface area contributed by atoms with E-state index in [0.29, 0.717) is 6.54 Å². The highest BCUT2D eigenvalue weighted by Gasteiger charge is 2.32. The summed E-state index contributed by atoms with van der Waals surface area (Å²) in [6, 6.07) is 6.72. The highest BCUT2D eigenvalue weighted by molar-refractivity contribution is 5.95. The maximum Gasteiger partial charge on any atom is 0.257 e. The molecule has 0 spiro atoms. The van der Waals surface area contributed by atoms with Gasteiger partial charge >= 0.3 is 0 Å². The van der Waals surface area contributed by atoms with Crippen molar-refractivity contribution in [2.24, 2.45) is 5.73 Å². The van der Waals surface area contributed by atoms with Gasteiger partial charge in [-0.25, -0.2) is 13.9 Å². The second-order valence-corrected chi connectivity index (χ2v) is 9.11. The number of nitrogens with two attached hydrogens (primary N) is 1. The molecule has 2 aliphatic rings. The molecule has 2 atom stereocenters. The van der Waals surface area contributed by atoms with E-state index in [-0.39, 0.29) is 23.6 Å². The molecular weight excluding hydrogens is 407 g/mol. The number of halogens is 1. The zero-order chi connectivity index (χ0) is 22.4. The molecule has 2 N–H and O–H groups in total. The van der Waals surface area contributed by atoms with E-state index in [2.05, 4.69) is 4.90 Å². The van der Waals surface area contributed by atoms with E-state index in [0.717, 1.165) is 67.1 Å². The second-order valence-electron chi connectivity index (χ2n) is 9.11. The van der Waals surface area contributed by atoms with Gasteiger partial charge in [-0.2, -0.15) is 5.10 Å². The first-order valence-electron chi connectivity index (χ1n) is 11.4. The van der Waals surface area contributed by atoms with Crippen LogP contribution in [-0.2, 0) is 0 Å². The van der Waals surface area contributed by atoms with Crippen molar-refractivity contribution < 1.29 is 9.18 Å². The van der Waals surface area contributed by atoms with E-state index in [1.165, 1.54) is 6.07 Å². The molecule has 0 aliphatic carbocycles. The van der Waals surface area contributed by atoms with Gasteiger partial charge in [-0.3, -0.25) is 4.79 Å². The normalized spacial score (nSPS) is 21.5. The van der Waals surface area contributed by atoms with Crippen LogP contribution in [0.3, 0.4) is 0 Å². The van der Waals surface area contributed by atoms with Crippen molar-refractivity contribution in [3.05, 3.63) is 58.7 Å². The Kier molecular flexibility index (Phi) is 5.33. The Bertz CT molecular complexity index is 1170. The maximum absolute atomic E-state index is 14.5. The fraction of sp³-hybridized carbons (Fsp3) is 0.458. The van der Waals surface area contributed by atoms with E-state index < -0.39 is 5.82 Å². The van der Waals surface area contributed by atoms with Gasteiger partial charge < -0.3 is 15.5 Å². The van der Waals surface area contributed by atoms with Crippen molar-refractivity contribution in [1.82, 2.24) is 19.5 Å². The van der Waals surface area contributed by atoms with Gasteiger partial charge in [0.2, 0.25) is 0 Å². The van der Waals surface area contributed by atoms with Gasteiger partial charge in [-0.05, 0) is 57.2 Å². The quantitative estimate of drug-likeness (QED) is 0.681. The monoisotopic (exact) mass is 436 g/mol. The van der Waals surface area contributed by atoms with E-state index in [1.807, 2.05) is 26.1 Å². The molecule has 2 fully saturated rings. The Morgan fingerprint density at radius 3 is 2.75 bits per heavy atom. The first kappa shape index (κ1) is 20.9. The van der Waals surface area contributed by atoms with Crippen molar-refractivity contribution in [1.29, 1.82) is 0 Å². The Balaban J connectivity index is 1.47. The molecule has 7 nitrogen and oxygen atoms in total. The molecule has 2 aromatic heterocycles. The highest BCUT2D eigenvalue weighted by atomic mass is 19.1. The number of aryl methyl sites for hydroxylation is 2. The van der Waals surface area contributed by atoms with Crippen LogP contribution in [0.1, 0.15) is 58.9 Å². The van der Waals surface area contributed by atoms with Crippen molar-refractivity contribution in [2.75, 3.05) is 24.5 Å². The summed E-state index contributed by atoms with van der Waals surface area (Å²) in [6.45, 7) is 6.14. The molecule has 8 heteroatoms. The SMILES string of the molecule is Cc1ccc(C(=O)N2CCCC[C@H]2c2cc3nc(N4CC[C@H](N)C4)c(C)cn3n2)c(F)c1. The average Bonchev–Trinajstić information content (AvgIpc) is 3.38. The summed E-state index contributed by atoms with van der Waals surface area (Å²) >= 11 is 0. The van der Waals surface area contributed by atoms with Gasteiger partial charge in [0.1, 0.15) is 11.6 Å². The molecule has 3 aromatic rings. The Hall–Kier alpha value is -3.00. The van der Waals surface area contributed by atoms with Gasteiger partial charge in [-0.1, -0.05) is 6.07 Å². The van der Waals surface area contributed by atoms with E-state index >= 15 is 0 Å². The average molecular weight is 437 g/mol. The van der Waals surface area contributed by atoms with Crippen LogP contribution in [0.4, 0.5) is 10.2 Å². The van der Waals surface area contributed by atoms with Gasteiger partial charge in [-0.15, -0.1) is 0 Å². The minimum absolute atomic E-state index is 0.118. The predicted molar refractivity (Wildman–Crippen MR) is 121 cm³/mol. The first-order valence-corrected chi connectivity index (χ1v) is 11.4. The Morgan fingerprint density at radius 1 is 1.16 bits per heavy atom. The summed E-state index contributed by atoms with van der Waals surface area (Å²) in [4.78, 5) is 22.1. The second kappa shape index (κ2) is 8.16. The number of nitrogens with zero attached hydrogens (tertiary/aromatic N) is 5. The molecule has 32 heavy (non-hydrogen) atoms. The highest BCUT2D eigenvalue weighted by Crippen LogP contribution is 2.33. The van der Waals surface area contributed by atoms with Crippen LogP contribution in [0.5, 0.6) is 0 Å². The molecule has 168 valence electrons. The lowest BCUT2D eigenvalue weighted by Gasteiger charge is -2.34. The summed E-state index contributed by atoms with van der Waals surface area (Å²) in [5.41, 5.74) is 9.59. The Morgan fingerprint density at radius 2 is 2.00 bits per heavy atom. The zero-order valence-corrected chi connectivity index (χ0v) is 18.6. The number of rotatable bonds is 3. The summed E-state index contributed by atoms with van der Waals surface area (Å²) in [6.07, 6.45) is 5.66.